The summed E-state index contributed by atoms with van der Waals surface area (Å²) in [6.45, 7) is 6.99. The van der Waals surface area contributed by atoms with E-state index in [4.69, 9.17) is 11.6 Å². The quantitative estimate of drug-likeness (QED) is 0.821. The lowest BCUT2D eigenvalue weighted by atomic mass is 10.0. The zero-order valence-electron chi connectivity index (χ0n) is 10.4. The normalized spacial score (nSPS) is 24.4. The topological polar surface area (TPSA) is 49.2 Å². The molecule has 2 heterocycles. The van der Waals surface area contributed by atoms with Gasteiger partial charge >= 0.3 is 0 Å². The van der Waals surface area contributed by atoms with Crippen LogP contribution < -0.4 is 4.90 Å². The molecule has 1 aromatic heterocycles. The minimum atomic E-state index is 0.138. The molecular formula is C12H18ClN3O. The number of halogens is 1. The average Bonchev–Trinajstić information content (AvgIpc) is 2.64. The highest BCUT2D eigenvalue weighted by molar-refractivity contribution is 6.30. The predicted molar refractivity (Wildman–Crippen MR) is 68.5 cm³/mol. The van der Waals surface area contributed by atoms with Crippen molar-refractivity contribution in [1.29, 1.82) is 0 Å². The van der Waals surface area contributed by atoms with Crippen LogP contribution >= 0.6 is 11.6 Å². The molecule has 1 N–H and O–H groups in total. The summed E-state index contributed by atoms with van der Waals surface area (Å²) in [4.78, 5) is 10.8. The molecule has 1 fully saturated rings. The first-order valence-corrected chi connectivity index (χ1v) is 6.30. The molecule has 0 aliphatic carbocycles. The van der Waals surface area contributed by atoms with Gasteiger partial charge in [-0.25, -0.2) is 9.97 Å². The van der Waals surface area contributed by atoms with E-state index in [0.29, 0.717) is 16.9 Å². The van der Waals surface area contributed by atoms with Gasteiger partial charge in [-0.2, -0.15) is 0 Å². The number of hydrogen-bond acceptors (Lipinski definition) is 4. The van der Waals surface area contributed by atoms with Crippen molar-refractivity contribution < 1.29 is 5.11 Å². The molecule has 4 nitrogen and oxygen atoms in total. The summed E-state index contributed by atoms with van der Waals surface area (Å²) in [6, 6.07) is 0.138. The number of anilines is 1. The monoisotopic (exact) mass is 255 g/mol. The summed E-state index contributed by atoms with van der Waals surface area (Å²) in [5, 5.41) is 9.98. The van der Waals surface area contributed by atoms with E-state index < -0.39 is 0 Å². The van der Waals surface area contributed by atoms with Crippen molar-refractivity contribution in [2.75, 3.05) is 18.1 Å². The molecule has 17 heavy (non-hydrogen) atoms. The van der Waals surface area contributed by atoms with Crippen molar-refractivity contribution in [3.05, 3.63) is 16.5 Å². The Morgan fingerprint density at radius 2 is 2.12 bits per heavy atom. The smallest absolute Gasteiger partial charge is 0.137 e. The first-order valence-electron chi connectivity index (χ1n) is 5.92. The van der Waals surface area contributed by atoms with E-state index in [9.17, 15) is 5.11 Å². The van der Waals surface area contributed by atoms with Crippen molar-refractivity contribution in [2.45, 2.75) is 33.2 Å². The van der Waals surface area contributed by atoms with Crippen LogP contribution in [0.4, 0.5) is 5.82 Å². The summed E-state index contributed by atoms with van der Waals surface area (Å²) >= 11 is 6.08. The van der Waals surface area contributed by atoms with Gasteiger partial charge in [0.1, 0.15) is 16.8 Å². The summed E-state index contributed by atoms with van der Waals surface area (Å²) < 4.78 is 0. The first kappa shape index (κ1) is 12.6. The third kappa shape index (κ3) is 2.24. The van der Waals surface area contributed by atoms with Crippen molar-refractivity contribution in [3.8, 4) is 0 Å². The number of aliphatic hydroxyl groups is 1. The van der Waals surface area contributed by atoms with Gasteiger partial charge in [-0.3, -0.25) is 0 Å². The number of rotatable bonds is 2. The van der Waals surface area contributed by atoms with Gasteiger partial charge in [-0.1, -0.05) is 18.5 Å². The van der Waals surface area contributed by atoms with Crippen LogP contribution in [0.3, 0.4) is 0 Å². The third-order valence-electron chi connectivity index (χ3n) is 3.51. The van der Waals surface area contributed by atoms with Gasteiger partial charge in [0.25, 0.3) is 0 Å². The third-order valence-corrected chi connectivity index (χ3v) is 3.88. The maximum absolute atomic E-state index is 9.48. The molecule has 2 rings (SSSR count). The molecule has 1 aliphatic heterocycles. The molecule has 0 aromatic carbocycles. The highest BCUT2D eigenvalue weighted by Gasteiger charge is 2.32. The molecule has 1 saturated heterocycles. The van der Waals surface area contributed by atoms with Crippen LogP contribution in [0.2, 0.25) is 5.15 Å². The van der Waals surface area contributed by atoms with E-state index in [2.05, 4.69) is 21.8 Å². The van der Waals surface area contributed by atoms with Crippen molar-refractivity contribution in [2.24, 2.45) is 5.92 Å². The molecule has 5 heteroatoms. The molecular weight excluding hydrogens is 238 g/mol. The van der Waals surface area contributed by atoms with Gasteiger partial charge < -0.3 is 10.0 Å². The second kappa shape index (κ2) is 4.78. The van der Waals surface area contributed by atoms with Gasteiger partial charge in [0.2, 0.25) is 0 Å². The Bertz CT molecular complexity index is 424. The molecule has 2 atom stereocenters. The Balaban J connectivity index is 2.40. The molecule has 0 bridgehead atoms. The summed E-state index contributed by atoms with van der Waals surface area (Å²) in [6.07, 6.45) is 1.07. The van der Waals surface area contributed by atoms with Crippen LogP contribution in [0.5, 0.6) is 0 Å². The highest BCUT2D eigenvalue weighted by atomic mass is 35.5. The predicted octanol–water partition coefficient (Wildman–Crippen LogP) is 1.95. The van der Waals surface area contributed by atoms with E-state index in [0.717, 1.165) is 24.3 Å². The van der Waals surface area contributed by atoms with Crippen molar-refractivity contribution in [3.63, 3.8) is 0 Å². The average molecular weight is 256 g/mol. The number of aliphatic hydroxyl groups excluding tert-OH is 1. The SMILES string of the molecule is Cc1nc(Cl)c(C)c(N2CCC(C)C2CO)n1. The Morgan fingerprint density at radius 1 is 1.41 bits per heavy atom. The van der Waals surface area contributed by atoms with Gasteiger partial charge in [0.05, 0.1) is 12.6 Å². The largest absolute Gasteiger partial charge is 0.394 e. The summed E-state index contributed by atoms with van der Waals surface area (Å²) in [7, 11) is 0. The van der Waals surface area contributed by atoms with E-state index in [1.165, 1.54) is 0 Å². The van der Waals surface area contributed by atoms with Gasteiger partial charge in [-0.15, -0.1) is 0 Å². The van der Waals surface area contributed by atoms with Crippen LogP contribution in [0.15, 0.2) is 0 Å². The van der Waals surface area contributed by atoms with Crippen LogP contribution in [0.1, 0.15) is 24.7 Å². The number of aromatic nitrogens is 2. The standard InChI is InChI=1S/C12H18ClN3O/c1-7-4-5-16(10(7)6-17)12-8(2)11(13)14-9(3)15-12/h7,10,17H,4-6H2,1-3H3. The van der Waals surface area contributed by atoms with Gasteiger partial charge in [-0.05, 0) is 26.2 Å². The maximum Gasteiger partial charge on any atom is 0.137 e. The number of hydrogen-bond donors (Lipinski definition) is 1. The van der Waals surface area contributed by atoms with E-state index in [1.54, 1.807) is 0 Å². The molecule has 0 radical (unpaired) electrons. The zero-order valence-corrected chi connectivity index (χ0v) is 11.2. The Kier molecular flexibility index (Phi) is 3.54. The molecule has 1 aliphatic rings. The molecule has 2 unspecified atom stereocenters. The second-order valence-electron chi connectivity index (χ2n) is 4.72. The minimum Gasteiger partial charge on any atom is -0.394 e. The second-order valence-corrected chi connectivity index (χ2v) is 5.08. The Labute approximate surface area is 107 Å². The maximum atomic E-state index is 9.48. The van der Waals surface area contributed by atoms with Gasteiger partial charge in [0.15, 0.2) is 0 Å². The van der Waals surface area contributed by atoms with Crippen LogP contribution in [-0.2, 0) is 0 Å². The highest BCUT2D eigenvalue weighted by Crippen LogP contribution is 2.32. The molecule has 0 spiro atoms. The van der Waals surface area contributed by atoms with Gasteiger partial charge in [0, 0.05) is 12.1 Å². The van der Waals surface area contributed by atoms with E-state index in [-0.39, 0.29) is 12.6 Å². The lowest BCUT2D eigenvalue weighted by Crippen LogP contribution is -2.36. The number of aryl methyl sites for hydroxylation is 1. The number of nitrogens with zero attached hydrogens (tertiary/aromatic N) is 3. The molecule has 0 amide bonds. The lowest BCUT2D eigenvalue weighted by Gasteiger charge is -2.27. The van der Waals surface area contributed by atoms with Crippen molar-refractivity contribution in [1.82, 2.24) is 9.97 Å². The fourth-order valence-corrected chi connectivity index (χ4v) is 2.62. The lowest BCUT2D eigenvalue weighted by molar-refractivity contribution is 0.244. The van der Waals surface area contributed by atoms with Crippen molar-refractivity contribution >= 4 is 17.4 Å². The summed E-state index contributed by atoms with van der Waals surface area (Å²) in [5.41, 5.74) is 0.893. The molecule has 94 valence electrons. The van der Waals surface area contributed by atoms with E-state index >= 15 is 0 Å². The molecule has 1 aromatic rings. The fourth-order valence-electron chi connectivity index (χ4n) is 2.41. The van der Waals surface area contributed by atoms with Crippen LogP contribution in [0, 0.1) is 19.8 Å². The van der Waals surface area contributed by atoms with E-state index in [1.807, 2.05) is 13.8 Å². The minimum absolute atomic E-state index is 0.138. The Hall–Kier alpha value is -0.870. The Morgan fingerprint density at radius 3 is 2.76 bits per heavy atom. The summed E-state index contributed by atoms with van der Waals surface area (Å²) in [5.74, 6) is 2.02. The fraction of sp³-hybridized carbons (Fsp3) is 0.667. The zero-order chi connectivity index (χ0) is 12.6. The van der Waals surface area contributed by atoms with Crippen LogP contribution in [0.25, 0.3) is 0 Å². The first-order chi connectivity index (χ1) is 8.04. The molecule has 0 saturated carbocycles. The van der Waals surface area contributed by atoms with Crippen LogP contribution in [-0.4, -0.2) is 34.3 Å².